The molecule has 0 saturated heterocycles. The van der Waals surface area contributed by atoms with Crippen molar-refractivity contribution in [3.05, 3.63) is 12.7 Å². The number of carbonyl (C=O) groups is 1. The summed E-state index contributed by atoms with van der Waals surface area (Å²) in [6, 6.07) is 0. The van der Waals surface area contributed by atoms with E-state index in [1.807, 2.05) is 0 Å². The van der Waals surface area contributed by atoms with Crippen LogP contribution in [0.25, 0.3) is 0 Å². The molecule has 76 valence electrons. The van der Waals surface area contributed by atoms with Gasteiger partial charge in [0.1, 0.15) is 6.61 Å². The number of hydrogen-bond acceptors (Lipinski definition) is 5. The molecule has 0 amide bonds. The van der Waals surface area contributed by atoms with Crippen molar-refractivity contribution in [3.8, 4) is 0 Å². The van der Waals surface area contributed by atoms with Crippen LogP contribution in [0.2, 0.25) is 0 Å². The largest absolute Gasteiger partial charge is 1.00 e. The van der Waals surface area contributed by atoms with Crippen LogP contribution in [0.15, 0.2) is 12.7 Å². The smallest absolute Gasteiger partial charge is 0.748 e. The molecule has 0 fully saturated rings. The maximum atomic E-state index is 10.7. The van der Waals surface area contributed by atoms with E-state index in [4.69, 9.17) is 0 Å². The summed E-state index contributed by atoms with van der Waals surface area (Å²) < 4.78 is 34.9. The number of carbonyl (C=O) groups excluding carboxylic acids is 1. The fourth-order valence-electron chi connectivity index (χ4n) is 0.617. The minimum Gasteiger partial charge on any atom is -0.748 e. The molecule has 0 atom stereocenters. The topological polar surface area (TPSA) is 83.5 Å². The molecular formula is C7H11KO5S. The number of rotatable bonds is 6. The molecule has 0 spiro atoms. The Labute approximate surface area is 126 Å². The Hall–Kier alpha value is 0.756. The molecule has 0 bridgehead atoms. The molecule has 0 aliphatic heterocycles. The average Bonchev–Trinajstić information content (AvgIpc) is 1.98. The van der Waals surface area contributed by atoms with Crippen LogP contribution in [-0.2, 0) is 19.6 Å². The second-order valence-corrected chi connectivity index (χ2v) is 3.86. The maximum absolute atomic E-state index is 10.7. The molecule has 0 aliphatic rings. The molecule has 0 heterocycles. The van der Waals surface area contributed by atoms with Gasteiger partial charge in [-0.3, -0.25) is 4.79 Å². The van der Waals surface area contributed by atoms with Crippen LogP contribution in [-0.4, -0.2) is 31.3 Å². The van der Waals surface area contributed by atoms with E-state index < -0.39 is 21.8 Å². The van der Waals surface area contributed by atoms with Crippen LogP contribution < -0.4 is 51.4 Å². The summed E-state index contributed by atoms with van der Waals surface area (Å²) >= 11 is 0. The van der Waals surface area contributed by atoms with Crippen molar-refractivity contribution < 1.29 is 73.9 Å². The van der Waals surface area contributed by atoms with Gasteiger partial charge in [-0.2, -0.15) is 0 Å². The van der Waals surface area contributed by atoms with Gasteiger partial charge in [-0.25, -0.2) is 8.42 Å². The molecule has 0 unspecified atom stereocenters. The molecular weight excluding hydrogens is 235 g/mol. The summed E-state index contributed by atoms with van der Waals surface area (Å²) in [5.74, 6) is -1.06. The van der Waals surface area contributed by atoms with Gasteiger partial charge >= 0.3 is 57.4 Å². The first-order valence-corrected chi connectivity index (χ1v) is 5.23. The zero-order chi connectivity index (χ0) is 10.3. The first kappa shape index (κ1) is 17.2. The first-order valence-electron chi connectivity index (χ1n) is 3.66. The van der Waals surface area contributed by atoms with Crippen LogP contribution in [0, 0.1) is 0 Å². The van der Waals surface area contributed by atoms with Gasteiger partial charge in [0, 0.05) is 12.2 Å². The molecule has 7 heteroatoms. The zero-order valence-electron chi connectivity index (χ0n) is 8.06. The zero-order valence-corrected chi connectivity index (χ0v) is 12.0. The third-order valence-electron chi connectivity index (χ3n) is 1.14. The summed E-state index contributed by atoms with van der Waals surface area (Å²) in [6.07, 6.45) is 1.35. The van der Waals surface area contributed by atoms with E-state index in [0.29, 0.717) is 0 Å². The molecule has 5 nitrogen and oxygen atoms in total. The third-order valence-corrected chi connectivity index (χ3v) is 1.93. The second-order valence-electron chi connectivity index (χ2n) is 2.34. The summed E-state index contributed by atoms with van der Waals surface area (Å²) in [5.41, 5.74) is 0. The summed E-state index contributed by atoms with van der Waals surface area (Å²) in [4.78, 5) is 10.7. The van der Waals surface area contributed by atoms with Gasteiger partial charge in [-0.1, -0.05) is 12.7 Å². The molecule has 0 rings (SSSR count). The van der Waals surface area contributed by atoms with Crippen LogP contribution >= 0.6 is 0 Å². The van der Waals surface area contributed by atoms with E-state index in [9.17, 15) is 17.8 Å². The fourth-order valence-corrected chi connectivity index (χ4v) is 1.12. The van der Waals surface area contributed by atoms with E-state index in [-0.39, 0.29) is 70.8 Å². The standard InChI is InChI=1S/C7H12O5S.K/c1-2-5-12-7(8)4-3-6-13(9,10)11;/h2H,1,3-6H2,(H,9,10,11);/q;+1/p-1. The van der Waals surface area contributed by atoms with Crippen molar-refractivity contribution in [3.63, 3.8) is 0 Å². The minimum absolute atomic E-state index is 0. The van der Waals surface area contributed by atoms with Crippen LogP contribution in [0.5, 0.6) is 0 Å². The Bertz CT molecular complexity index is 272. The van der Waals surface area contributed by atoms with Crippen molar-refractivity contribution in [1.82, 2.24) is 0 Å². The van der Waals surface area contributed by atoms with Crippen molar-refractivity contribution in [2.75, 3.05) is 12.4 Å². The number of ether oxygens (including phenoxy) is 1. The quantitative estimate of drug-likeness (QED) is 0.216. The first-order chi connectivity index (χ1) is 5.95. The van der Waals surface area contributed by atoms with E-state index in [1.165, 1.54) is 6.08 Å². The number of esters is 1. The van der Waals surface area contributed by atoms with Crippen LogP contribution in [0.3, 0.4) is 0 Å². The van der Waals surface area contributed by atoms with Crippen molar-refractivity contribution in [2.45, 2.75) is 12.8 Å². The van der Waals surface area contributed by atoms with E-state index >= 15 is 0 Å². The molecule has 0 aromatic rings. The average molecular weight is 246 g/mol. The number of hydrogen-bond donors (Lipinski definition) is 0. The van der Waals surface area contributed by atoms with Gasteiger partial charge in [0.05, 0.1) is 10.1 Å². The van der Waals surface area contributed by atoms with Gasteiger partial charge in [-0.15, -0.1) is 0 Å². The van der Waals surface area contributed by atoms with Crippen molar-refractivity contribution in [1.29, 1.82) is 0 Å². The summed E-state index contributed by atoms with van der Waals surface area (Å²) in [6.45, 7) is 3.43. The Morgan fingerprint density at radius 1 is 1.50 bits per heavy atom. The second kappa shape index (κ2) is 9.02. The van der Waals surface area contributed by atoms with Gasteiger partial charge in [0.25, 0.3) is 0 Å². The predicted molar refractivity (Wildman–Crippen MR) is 45.0 cm³/mol. The Morgan fingerprint density at radius 2 is 2.07 bits per heavy atom. The van der Waals surface area contributed by atoms with Gasteiger partial charge in [0.15, 0.2) is 0 Å². The van der Waals surface area contributed by atoms with E-state index in [0.717, 1.165) is 0 Å². The normalized spacial score (nSPS) is 10.1. The minimum atomic E-state index is -4.22. The molecule has 0 aliphatic carbocycles. The Balaban J connectivity index is 0. The van der Waals surface area contributed by atoms with Gasteiger partial charge in [0.2, 0.25) is 0 Å². The van der Waals surface area contributed by atoms with Crippen molar-refractivity contribution >= 4 is 16.1 Å². The van der Waals surface area contributed by atoms with E-state index in [1.54, 1.807) is 0 Å². The predicted octanol–water partition coefficient (Wildman–Crippen LogP) is -2.95. The summed E-state index contributed by atoms with van der Waals surface area (Å²) in [5, 5.41) is 0. The van der Waals surface area contributed by atoms with Crippen molar-refractivity contribution in [2.24, 2.45) is 0 Å². The fraction of sp³-hybridized carbons (Fsp3) is 0.571. The molecule has 0 radical (unpaired) electrons. The van der Waals surface area contributed by atoms with Crippen LogP contribution in [0.4, 0.5) is 0 Å². The third kappa shape index (κ3) is 12.8. The molecule has 0 aromatic carbocycles. The summed E-state index contributed by atoms with van der Waals surface area (Å²) in [7, 11) is -4.22. The monoisotopic (exact) mass is 246 g/mol. The van der Waals surface area contributed by atoms with E-state index in [2.05, 4.69) is 11.3 Å². The Morgan fingerprint density at radius 3 is 2.50 bits per heavy atom. The SMILES string of the molecule is C=CCOC(=O)CCCS(=O)(=O)[O-].[K+]. The molecule has 14 heavy (non-hydrogen) atoms. The maximum Gasteiger partial charge on any atom is 1.00 e. The molecule has 0 N–H and O–H groups in total. The van der Waals surface area contributed by atoms with Gasteiger partial charge in [-0.05, 0) is 6.42 Å². The van der Waals surface area contributed by atoms with Gasteiger partial charge < -0.3 is 9.29 Å². The molecule has 0 saturated carbocycles. The molecule has 0 aromatic heterocycles. The Kier molecular flexibility index (Phi) is 11.1. The van der Waals surface area contributed by atoms with Crippen LogP contribution in [0.1, 0.15) is 12.8 Å².